The molecule has 2 fully saturated rings. The van der Waals surface area contributed by atoms with Gasteiger partial charge in [0.1, 0.15) is 6.04 Å². The second-order valence-corrected chi connectivity index (χ2v) is 5.35. The molecule has 0 aromatic carbocycles. The van der Waals surface area contributed by atoms with E-state index in [1.54, 1.807) is 11.9 Å². The summed E-state index contributed by atoms with van der Waals surface area (Å²) in [5.74, 6) is -0.962. The summed E-state index contributed by atoms with van der Waals surface area (Å²) in [6.07, 6.45) is 2.53. The summed E-state index contributed by atoms with van der Waals surface area (Å²) in [7, 11) is 1.61. The van der Waals surface area contributed by atoms with Gasteiger partial charge >= 0.3 is 12.0 Å². The SMILES string of the molecule is CNC(=O)C1CCN(C(=O)N2CCC[C@@H]2C(=O)O)CC1. The van der Waals surface area contributed by atoms with Crippen LogP contribution in [-0.4, -0.2) is 65.5 Å². The predicted molar refractivity (Wildman–Crippen MR) is 71.1 cm³/mol. The lowest BCUT2D eigenvalue weighted by Crippen LogP contribution is -2.51. The number of piperidine rings is 1. The third kappa shape index (κ3) is 2.86. The fourth-order valence-electron chi connectivity index (χ4n) is 2.97. The van der Waals surface area contributed by atoms with Crippen molar-refractivity contribution < 1.29 is 19.5 Å². The normalized spacial score (nSPS) is 23.8. The van der Waals surface area contributed by atoms with Crippen molar-refractivity contribution in [3.63, 3.8) is 0 Å². The number of nitrogens with zero attached hydrogens (tertiary/aromatic N) is 2. The van der Waals surface area contributed by atoms with Gasteiger partial charge in [-0.3, -0.25) is 4.79 Å². The van der Waals surface area contributed by atoms with Crippen LogP contribution in [0.3, 0.4) is 0 Å². The highest BCUT2D eigenvalue weighted by Crippen LogP contribution is 2.23. The van der Waals surface area contributed by atoms with Gasteiger partial charge in [-0.05, 0) is 25.7 Å². The van der Waals surface area contributed by atoms with Crippen LogP contribution in [0.15, 0.2) is 0 Å². The molecule has 0 aromatic rings. The van der Waals surface area contributed by atoms with Crippen LogP contribution in [0, 0.1) is 5.92 Å². The first-order chi connectivity index (χ1) is 9.54. The first kappa shape index (κ1) is 14.6. The number of carboxylic acids is 1. The van der Waals surface area contributed by atoms with Crippen LogP contribution in [-0.2, 0) is 9.59 Å². The summed E-state index contributed by atoms with van der Waals surface area (Å²) in [4.78, 5) is 38.1. The molecule has 0 aromatic heterocycles. The fourth-order valence-corrected chi connectivity index (χ4v) is 2.97. The lowest BCUT2D eigenvalue weighted by atomic mass is 9.96. The Hall–Kier alpha value is -1.79. The number of aliphatic carboxylic acids is 1. The molecule has 0 bridgehead atoms. The molecule has 2 saturated heterocycles. The van der Waals surface area contributed by atoms with Gasteiger partial charge in [0.05, 0.1) is 0 Å². The molecule has 0 unspecified atom stereocenters. The Kier molecular flexibility index (Phi) is 4.46. The van der Waals surface area contributed by atoms with Gasteiger partial charge in [-0.25, -0.2) is 9.59 Å². The zero-order chi connectivity index (χ0) is 14.7. The molecule has 3 amide bonds. The molecule has 20 heavy (non-hydrogen) atoms. The number of carbonyl (C=O) groups is 3. The van der Waals surface area contributed by atoms with Crippen molar-refractivity contribution in [1.82, 2.24) is 15.1 Å². The van der Waals surface area contributed by atoms with Crippen molar-refractivity contribution in [3.05, 3.63) is 0 Å². The van der Waals surface area contributed by atoms with E-state index in [2.05, 4.69) is 5.32 Å². The zero-order valence-electron chi connectivity index (χ0n) is 11.7. The molecule has 0 aliphatic carbocycles. The topological polar surface area (TPSA) is 90.0 Å². The molecule has 1 atom stereocenters. The van der Waals surface area contributed by atoms with E-state index in [9.17, 15) is 14.4 Å². The maximum atomic E-state index is 12.3. The number of hydrogen-bond acceptors (Lipinski definition) is 3. The molecule has 0 saturated carbocycles. The van der Waals surface area contributed by atoms with E-state index < -0.39 is 12.0 Å². The standard InChI is InChI=1S/C13H21N3O4/c1-14-11(17)9-4-7-15(8-5-9)13(20)16-6-2-3-10(16)12(18)19/h9-10H,2-8H2,1H3,(H,14,17)(H,18,19)/t10-/m1/s1. The first-order valence-corrected chi connectivity index (χ1v) is 7.04. The predicted octanol–water partition coefficient (Wildman–Crippen LogP) is 0.113. The zero-order valence-corrected chi connectivity index (χ0v) is 11.7. The lowest BCUT2D eigenvalue weighted by Gasteiger charge is -2.35. The van der Waals surface area contributed by atoms with Crippen LogP contribution in [0.4, 0.5) is 4.79 Å². The van der Waals surface area contributed by atoms with Crippen LogP contribution in [0.1, 0.15) is 25.7 Å². The third-order valence-corrected chi connectivity index (χ3v) is 4.17. The fraction of sp³-hybridized carbons (Fsp3) is 0.769. The number of likely N-dealkylation sites (tertiary alicyclic amines) is 2. The largest absolute Gasteiger partial charge is 0.480 e. The molecule has 0 radical (unpaired) electrons. The molecule has 2 aliphatic heterocycles. The Morgan fingerprint density at radius 3 is 2.30 bits per heavy atom. The summed E-state index contributed by atoms with van der Waals surface area (Å²) in [6.45, 7) is 1.53. The first-order valence-electron chi connectivity index (χ1n) is 7.04. The van der Waals surface area contributed by atoms with Crippen LogP contribution in [0.5, 0.6) is 0 Å². The van der Waals surface area contributed by atoms with Crippen LogP contribution in [0.25, 0.3) is 0 Å². The second-order valence-electron chi connectivity index (χ2n) is 5.35. The van der Waals surface area contributed by atoms with Gasteiger partial charge in [-0.2, -0.15) is 0 Å². The number of urea groups is 1. The van der Waals surface area contributed by atoms with Crippen molar-refractivity contribution in [1.29, 1.82) is 0 Å². The molecular weight excluding hydrogens is 262 g/mol. The third-order valence-electron chi connectivity index (χ3n) is 4.17. The average molecular weight is 283 g/mol. The van der Waals surface area contributed by atoms with E-state index in [4.69, 9.17) is 5.11 Å². The smallest absolute Gasteiger partial charge is 0.326 e. The molecule has 7 nitrogen and oxygen atoms in total. The molecule has 112 valence electrons. The number of rotatable bonds is 2. The summed E-state index contributed by atoms with van der Waals surface area (Å²) in [5, 5.41) is 11.7. The van der Waals surface area contributed by atoms with Gasteiger partial charge in [0, 0.05) is 32.6 Å². The Morgan fingerprint density at radius 2 is 1.75 bits per heavy atom. The second kappa shape index (κ2) is 6.11. The Bertz CT molecular complexity index is 404. The van der Waals surface area contributed by atoms with Gasteiger partial charge in [0.2, 0.25) is 5.91 Å². The Labute approximate surface area is 117 Å². The average Bonchev–Trinajstić information content (AvgIpc) is 2.95. The van der Waals surface area contributed by atoms with E-state index in [1.165, 1.54) is 4.90 Å². The van der Waals surface area contributed by atoms with E-state index in [1.807, 2.05) is 0 Å². The van der Waals surface area contributed by atoms with Gasteiger partial charge in [-0.15, -0.1) is 0 Å². The maximum Gasteiger partial charge on any atom is 0.326 e. The summed E-state index contributed by atoms with van der Waals surface area (Å²) in [5.41, 5.74) is 0. The van der Waals surface area contributed by atoms with E-state index in [0.717, 1.165) is 6.42 Å². The van der Waals surface area contributed by atoms with Gasteiger partial charge in [0.15, 0.2) is 0 Å². The van der Waals surface area contributed by atoms with Crippen LogP contribution >= 0.6 is 0 Å². The van der Waals surface area contributed by atoms with Crippen molar-refractivity contribution >= 4 is 17.9 Å². The quantitative estimate of drug-likeness (QED) is 0.753. The molecule has 2 N–H and O–H groups in total. The summed E-state index contributed by atoms with van der Waals surface area (Å²) in [6, 6.07) is -0.899. The summed E-state index contributed by atoms with van der Waals surface area (Å²) < 4.78 is 0. The molecule has 2 aliphatic rings. The Morgan fingerprint density at radius 1 is 1.10 bits per heavy atom. The molecule has 7 heteroatoms. The lowest BCUT2D eigenvalue weighted by molar-refractivity contribution is -0.141. The highest BCUT2D eigenvalue weighted by Gasteiger charge is 2.37. The van der Waals surface area contributed by atoms with Crippen molar-refractivity contribution in [2.24, 2.45) is 5.92 Å². The minimum Gasteiger partial charge on any atom is -0.480 e. The van der Waals surface area contributed by atoms with Gasteiger partial charge in [0.25, 0.3) is 0 Å². The monoisotopic (exact) mass is 283 g/mol. The van der Waals surface area contributed by atoms with E-state index in [0.29, 0.717) is 38.9 Å². The van der Waals surface area contributed by atoms with Gasteiger partial charge in [-0.1, -0.05) is 0 Å². The highest BCUT2D eigenvalue weighted by molar-refractivity contribution is 5.84. The number of amides is 3. The minimum absolute atomic E-state index is 0.0154. The number of carbonyl (C=O) groups excluding carboxylic acids is 2. The van der Waals surface area contributed by atoms with E-state index >= 15 is 0 Å². The molecule has 0 spiro atoms. The van der Waals surface area contributed by atoms with Gasteiger partial charge < -0.3 is 20.2 Å². The van der Waals surface area contributed by atoms with Crippen molar-refractivity contribution in [3.8, 4) is 0 Å². The number of carboxylic acid groups (broad SMARTS) is 1. The van der Waals surface area contributed by atoms with Crippen molar-refractivity contribution in [2.45, 2.75) is 31.7 Å². The highest BCUT2D eigenvalue weighted by atomic mass is 16.4. The minimum atomic E-state index is -0.934. The van der Waals surface area contributed by atoms with Crippen LogP contribution < -0.4 is 5.32 Å². The molecule has 2 rings (SSSR count). The number of nitrogens with one attached hydrogen (secondary N) is 1. The molecular formula is C13H21N3O4. The summed E-state index contributed by atoms with van der Waals surface area (Å²) >= 11 is 0. The Balaban J connectivity index is 1.91. The maximum absolute atomic E-state index is 12.3. The van der Waals surface area contributed by atoms with E-state index in [-0.39, 0.29) is 17.9 Å². The number of hydrogen-bond donors (Lipinski definition) is 2. The van der Waals surface area contributed by atoms with Crippen LogP contribution in [0.2, 0.25) is 0 Å². The molecule has 2 heterocycles. The van der Waals surface area contributed by atoms with Crippen molar-refractivity contribution in [2.75, 3.05) is 26.7 Å².